The zero-order chi connectivity index (χ0) is 24.3. The molecule has 3 aromatic heterocycles. The Morgan fingerprint density at radius 2 is 1.83 bits per heavy atom. The van der Waals surface area contributed by atoms with E-state index in [1.165, 1.54) is 0 Å². The first-order valence-electron chi connectivity index (χ1n) is 12.3. The van der Waals surface area contributed by atoms with Crippen LogP contribution >= 0.6 is 0 Å². The summed E-state index contributed by atoms with van der Waals surface area (Å²) in [4.78, 5) is 20.7. The Kier molecular flexibility index (Phi) is 5.43. The molecule has 1 aliphatic heterocycles. The molecule has 0 radical (unpaired) electrons. The SMILES string of the molecule is Cc1cc([C@@H]2CN(c3cc4nc(C)cnc4c(C4CC(C(F)(F)F)C5CC4C5)n3)CCO2)ccn1. The van der Waals surface area contributed by atoms with Crippen LogP contribution in [0.5, 0.6) is 0 Å². The first kappa shape index (κ1) is 22.6. The molecule has 3 saturated carbocycles. The summed E-state index contributed by atoms with van der Waals surface area (Å²) in [6.07, 6.45) is 0.463. The second kappa shape index (κ2) is 8.40. The summed E-state index contributed by atoms with van der Waals surface area (Å²) in [5.41, 5.74) is 4.75. The number of aryl methyl sites for hydroxylation is 2. The van der Waals surface area contributed by atoms with Gasteiger partial charge in [0.1, 0.15) is 17.4 Å². The highest BCUT2D eigenvalue weighted by Crippen LogP contribution is 2.59. The molecule has 2 unspecified atom stereocenters. The molecule has 0 aromatic carbocycles. The number of anilines is 1. The normalized spacial score (nSPS) is 28.7. The number of nitrogens with zero attached hydrogens (tertiary/aromatic N) is 5. The lowest BCUT2D eigenvalue weighted by molar-refractivity contribution is -0.219. The summed E-state index contributed by atoms with van der Waals surface area (Å²) in [5.74, 6) is -0.811. The van der Waals surface area contributed by atoms with Gasteiger partial charge in [0.05, 0.1) is 29.4 Å². The fourth-order valence-corrected chi connectivity index (χ4v) is 6.13. The van der Waals surface area contributed by atoms with Crippen LogP contribution in [0.3, 0.4) is 0 Å². The number of rotatable bonds is 3. The molecule has 7 rings (SSSR count). The minimum absolute atomic E-state index is 0.0853. The number of fused-ring (bicyclic) bond motifs is 3. The average Bonchev–Trinajstić information content (AvgIpc) is 2.82. The van der Waals surface area contributed by atoms with Crippen molar-refractivity contribution in [2.45, 2.75) is 51.3 Å². The molecule has 4 aliphatic rings. The average molecular weight is 484 g/mol. The van der Waals surface area contributed by atoms with Crippen molar-refractivity contribution >= 4 is 16.9 Å². The molecule has 1 saturated heterocycles. The fraction of sp³-hybridized carbons (Fsp3) is 0.538. The van der Waals surface area contributed by atoms with E-state index in [2.05, 4.69) is 14.9 Å². The number of hydrogen-bond donors (Lipinski definition) is 0. The van der Waals surface area contributed by atoms with Crippen LogP contribution in [0.1, 0.15) is 53.9 Å². The molecule has 184 valence electrons. The Morgan fingerprint density at radius 3 is 2.60 bits per heavy atom. The number of ether oxygens (including phenoxy) is 1. The molecule has 0 amide bonds. The smallest absolute Gasteiger partial charge is 0.370 e. The molecule has 6 nitrogen and oxygen atoms in total. The molecule has 2 bridgehead atoms. The summed E-state index contributed by atoms with van der Waals surface area (Å²) in [5, 5.41) is 0. The summed E-state index contributed by atoms with van der Waals surface area (Å²) < 4.78 is 47.4. The van der Waals surface area contributed by atoms with Gasteiger partial charge in [-0.2, -0.15) is 13.2 Å². The number of aromatic nitrogens is 4. The molecule has 9 heteroatoms. The van der Waals surface area contributed by atoms with E-state index in [4.69, 9.17) is 14.7 Å². The van der Waals surface area contributed by atoms with E-state index >= 15 is 0 Å². The fourth-order valence-electron chi connectivity index (χ4n) is 6.13. The highest BCUT2D eigenvalue weighted by atomic mass is 19.4. The molecule has 3 atom stereocenters. The first-order valence-corrected chi connectivity index (χ1v) is 12.3. The molecule has 3 aliphatic carbocycles. The molecule has 4 heterocycles. The van der Waals surface area contributed by atoms with Gasteiger partial charge in [0, 0.05) is 43.2 Å². The molecular formula is C26H28F3N5O. The van der Waals surface area contributed by atoms with Crippen molar-refractivity contribution in [3.8, 4) is 0 Å². The Bertz CT molecular complexity index is 1260. The first-order chi connectivity index (χ1) is 16.8. The van der Waals surface area contributed by atoms with Gasteiger partial charge in [0.25, 0.3) is 0 Å². The predicted molar refractivity (Wildman–Crippen MR) is 125 cm³/mol. The number of pyridine rings is 2. The van der Waals surface area contributed by atoms with Crippen LogP contribution in [0.2, 0.25) is 0 Å². The van der Waals surface area contributed by atoms with Gasteiger partial charge in [0.15, 0.2) is 0 Å². The van der Waals surface area contributed by atoms with Crippen molar-refractivity contribution in [3.05, 3.63) is 53.2 Å². The lowest BCUT2D eigenvalue weighted by atomic mass is 9.54. The van der Waals surface area contributed by atoms with Crippen molar-refractivity contribution in [2.75, 3.05) is 24.6 Å². The van der Waals surface area contributed by atoms with E-state index in [1.807, 2.05) is 32.0 Å². The summed E-state index contributed by atoms with van der Waals surface area (Å²) in [7, 11) is 0. The van der Waals surface area contributed by atoms with Gasteiger partial charge in [-0.05, 0) is 62.6 Å². The van der Waals surface area contributed by atoms with Crippen molar-refractivity contribution in [2.24, 2.45) is 17.8 Å². The molecule has 4 fully saturated rings. The topological polar surface area (TPSA) is 64.0 Å². The maximum Gasteiger partial charge on any atom is 0.392 e. The van der Waals surface area contributed by atoms with Crippen LogP contribution < -0.4 is 4.90 Å². The molecular weight excluding hydrogens is 455 g/mol. The number of morpholine rings is 1. The third kappa shape index (κ3) is 4.13. The number of alkyl halides is 3. The molecule has 0 spiro atoms. The summed E-state index contributed by atoms with van der Waals surface area (Å²) in [6, 6.07) is 5.91. The van der Waals surface area contributed by atoms with E-state index < -0.39 is 12.1 Å². The quantitative estimate of drug-likeness (QED) is 0.503. The van der Waals surface area contributed by atoms with Crippen molar-refractivity contribution in [3.63, 3.8) is 0 Å². The van der Waals surface area contributed by atoms with Crippen LogP contribution in [0, 0.1) is 31.6 Å². The van der Waals surface area contributed by atoms with Crippen LogP contribution in [0.25, 0.3) is 11.0 Å². The molecule has 35 heavy (non-hydrogen) atoms. The lowest BCUT2D eigenvalue weighted by Gasteiger charge is -2.51. The van der Waals surface area contributed by atoms with E-state index in [0.717, 1.165) is 22.8 Å². The summed E-state index contributed by atoms with van der Waals surface area (Å²) >= 11 is 0. The van der Waals surface area contributed by atoms with Crippen molar-refractivity contribution in [1.82, 2.24) is 19.9 Å². The van der Waals surface area contributed by atoms with E-state index in [0.29, 0.717) is 49.3 Å². The zero-order valence-corrected chi connectivity index (χ0v) is 19.8. The van der Waals surface area contributed by atoms with Gasteiger partial charge in [-0.3, -0.25) is 9.97 Å². The van der Waals surface area contributed by atoms with Crippen molar-refractivity contribution < 1.29 is 17.9 Å². The van der Waals surface area contributed by atoms with Crippen LogP contribution in [-0.4, -0.2) is 45.8 Å². The zero-order valence-electron chi connectivity index (χ0n) is 19.8. The number of hydrogen-bond acceptors (Lipinski definition) is 6. The van der Waals surface area contributed by atoms with Crippen molar-refractivity contribution in [1.29, 1.82) is 0 Å². The Morgan fingerprint density at radius 1 is 1.00 bits per heavy atom. The highest BCUT2D eigenvalue weighted by molar-refractivity contribution is 5.80. The van der Waals surface area contributed by atoms with Gasteiger partial charge in [0.2, 0.25) is 0 Å². The van der Waals surface area contributed by atoms with Gasteiger partial charge in [-0.15, -0.1) is 0 Å². The van der Waals surface area contributed by atoms with E-state index in [9.17, 15) is 13.2 Å². The van der Waals surface area contributed by atoms with Crippen LogP contribution in [0.4, 0.5) is 19.0 Å². The minimum Gasteiger partial charge on any atom is -0.370 e. The standard InChI is InChI=1S/C26H28F3N5O/c1-14-7-16(3-4-30-14)22-13-34(5-6-35-22)23-11-21-25(31-12-15(2)32-21)24(33-23)19-10-20(26(27,28)29)18-8-17(19)9-18/h3-4,7,11-12,17-20,22H,5-6,8-10,13H2,1-2H3/t17?,18?,19?,20?,22-/m0/s1. The predicted octanol–water partition coefficient (Wildman–Crippen LogP) is 5.31. The van der Waals surface area contributed by atoms with Gasteiger partial charge < -0.3 is 9.64 Å². The minimum atomic E-state index is -4.18. The Labute approximate surface area is 202 Å². The van der Waals surface area contributed by atoms with Gasteiger partial charge in [-0.1, -0.05) is 0 Å². The summed E-state index contributed by atoms with van der Waals surface area (Å²) in [6.45, 7) is 5.61. The Balaban J connectivity index is 1.38. The van der Waals surface area contributed by atoms with E-state index in [1.54, 1.807) is 12.4 Å². The monoisotopic (exact) mass is 483 g/mol. The van der Waals surface area contributed by atoms with Crippen LogP contribution in [0.15, 0.2) is 30.6 Å². The van der Waals surface area contributed by atoms with E-state index in [-0.39, 0.29) is 30.3 Å². The third-order valence-electron chi connectivity index (χ3n) is 7.97. The van der Waals surface area contributed by atoms with Gasteiger partial charge >= 0.3 is 6.18 Å². The lowest BCUT2D eigenvalue weighted by Crippen LogP contribution is -2.47. The molecule has 0 N–H and O–H groups in total. The van der Waals surface area contributed by atoms with Crippen LogP contribution in [-0.2, 0) is 4.74 Å². The molecule has 3 aromatic rings. The maximum absolute atomic E-state index is 13.8. The second-order valence-corrected chi connectivity index (χ2v) is 10.3. The highest BCUT2D eigenvalue weighted by Gasteiger charge is 2.56. The maximum atomic E-state index is 13.8. The number of halogens is 3. The third-order valence-corrected chi connectivity index (χ3v) is 7.97. The second-order valence-electron chi connectivity index (χ2n) is 10.3. The largest absolute Gasteiger partial charge is 0.392 e. The van der Waals surface area contributed by atoms with Gasteiger partial charge in [-0.25, -0.2) is 9.97 Å². The Hall–Kier alpha value is -2.81.